The van der Waals surface area contributed by atoms with Crippen molar-refractivity contribution in [2.75, 3.05) is 4.67 Å². The number of fused-ring (bicyclic) bond motifs is 13. The van der Waals surface area contributed by atoms with Gasteiger partial charge in [0.2, 0.25) is 5.95 Å². The molecule has 0 radical (unpaired) electrons. The molecule has 0 saturated heterocycles. The van der Waals surface area contributed by atoms with Crippen LogP contribution in [0.2, 0.25) is 0 Å². The Kier molecular flexibility index (Phi) is 6.68. The average molecular weight is 693 g/mol. The van der Waals surface area contributed by atoms with Crippen molar-refractivity contribution < 1.29 is 4.42 Å². The molecule has 0 bridgehead atoms. The predicted octanol–water partition coefficient (Wildman–Crippen LogP) is 8.19. The zero-order valence-corrected chi connectivity index (χ0v) is 30.1. The number of aromatic nitrogens is 2. The Morgan fingerprint density at radius 1 is 0.566 bits per heavy atom. The third kappa shape index (κ3) is 4.49. The van der Waals surface area contributed by atoms with Gasteiger partial charge in [-0.05, 0) is 33.9 Å². The second-order valence-corrected chi connectivity index (χ2v) is 15.9. The quantitative estimate of drug-likeness (QED) is 0.138. The van der Waals surface area contributed by atoms with E-state index < -0.39 is 8.07 Å². The van der Waals surface area contributed by atoms with Crippen LogP contribution in [0.25, 0.3) is 76.8 Å². The van der Waals surface area contributed by atoms with Crippen LogP contribution in [0.3, 0.4) is 0 Å². The monoisotopic (exact) mass is 693 g/mol. The summed E-state index contributed by atoms with van der Waals surface area (Å²) in [6.07, 6.45) is 0. The molecular formula is C46H30B2N3OP. The summed E-state index contributed by atoms with van der Waals surface area (Å²) in [5, 5.41) is 10.4. The van der Waals surface area contributed by atoms with Crippen LogP contribution in [0.4, 0.5) is 11.6 Å². The number of benzene rings is 8. The second-order valence-electron chi connectivity index (χ2n) is 13.9. The molecule has 246 valence electrons. The van der Waals surface area contributed by atoms with Crippen molar-refractivity contribution in [2.24, 2.45) is 0 Å². The van der Waals surface area contributed by atoms with Gasteiger partial charge in [0.25, 0.3) is 0 Å². The van der Waals surface area contributed by atoms with E-state index in [-0.39, 0.29) is 0 Å². The van der Waals surface area contributed by atoms with Gasteiger partial charge in [-0.1, -0.05) is 157 Å². The fraction of sp³-hybridized carbons (Fsp3) is 0. The normalized spacial score (nSPS) is 14.0. The molecule has 53 heavy (non-hydrogen) atoms. The molecule has 0 spiro atoms. The molecule has 1 unspecified atom stereocenters. The number of nitrogens with zero attached hydrogens (tertiary/aromatic N) is 3. The van der Waals surface area contributed by atoms with Gasteiger partial charge in [0.05, 0.1) is 30.4 Å². The molecular weight excluding hydrogens is 663 g/mol. The zero-order chi connectivity index (χ0) is 35.2. The van der Waals surface area contributed by atoms with E-state index >= 15 is 0 Å². The van der Waals surface area contributed by atoms with Crippen molar-refractivity contribution in [1.29, 1.82) is 0 Å². The molecule has 4 nitrogen and oxygen atoms in total. The van der Waals surface area contributed by atoms with Crippen LogP contribution in [0, 0.1) is 0 Å². The highest BCUT2D eigenvalue weighted by Gasteiger charge is 2.40. The van der Waals surface area contributed by atoms with Crippen molar-refractivity contribution >= 4 is 111 Å². The maximum Gasteiger partial charge on any atom is 0.235 e. The van der Waals surface area contributed by atoms with E-state index in [1.807, 2.05) is 0 Å². The van der Waals surface area contributed by atoms with Crippen molar-refractivity contribution in [3.05, 3.63) is 158 Å². The van der Waals surface area contributed by atoms with Gasteiger partial charge in [-0.2, -0.15) is 0 Å². The van der Waals surface area contributed by atoms with Gasteiger partial charge in [0.1, 0.15) is 26.9 Å². The molecule has 1 atom stereocenters. The summed E-state index contributed by atoms with van der Waals surface area (Å²) < 4.78 is 9.34. The highest BCUT2D eigenvalue weighted by molar-refractivity contribution is 7.75. The Hall–Kier alpha value is -6.22. The lowest BCUT2D eigenvalue weighted by atomic mass is 9.82. The standard InChI is InChI=1S/C46H30B2N3OP/c47-28-23-24-33(36(48)26-28)43-34-18-8-10-20-37(34)49-46(50-43)51-44-41(31-16-6-7-17-32(31)45-42(44)35-19-9-11-21-38(35)52-45)40-30-15-5-4-12-27(30)22-25-39(40)53(51)29-13-2-1-3-14-29/h1-26H,47-48H2. The largest absolute Gasteiger partial charge is 0.455 e. The van der Waals surface area contributed by atoms with E-state index in [2.05, 4.69) is 178 Å². The summed E-state index contributed by atoms with van der Waals surface area (Å²) in [7, 11) is 3.09. The molecule has 0 saturated carbocycles. The maximum absolute atomic E-state index is 6.86. The summed E-state index contributed by atoms with van der Waals surface area (Å²) in [4.78, 5) is 11.1. The van der Waals surface area contributed by atoms with Gasteiger partial charge in [-0.25, -0.2) is 9.97 Å². The summed E-state index contributed by atoms with van der Waals surface area (Å²) in [5.74, 6) is 0.676. The van der Waals surface area contributed by atoms with Gasteiger partial charge < -0.3 is 4.42 Å². The van der Waals surface area contributed by atoms with Crippen LogP contribution in [0.15, 0.2) is 162 Å². The van der Waals surface area contributed by atoms with Crippen molar-refractivity contribution in [1.82, 2.24) is 9.97 Å². The van der Waals surface area contributed by atoms with E-state index in [0.717, 1.165) is 60.6 Å². The highest BCUT2D eigenvalue weighted by atomic mass is 31.1. The molecule has 0 aliphatic carbocycles. The molecule has 3 heterocycles. The predicted molar refractivity (Wildman–Crippen MR) is 230 cm³/mol. The van der Waals surface area contributed by atoms with Gasteiger partial charge in [-0.15, -0.1) is 0 Å². The lowest BCUT2D eigenvalue weighted by molar-refractivity contribution is 0.673. The first kappa shape index (κ1) is 30.4. The minimum Gasteiger partial charge on any atom is -0.455 e. The molecule has 7 heteroatoms. The molecule has 0 N–H and O–H groups in total. The van der Waals surface area contributed by atoms with Crippen LogP contribution >= 0.6 is 8.07 Å². The number of furan rings is 1. The molecule has 8 aromatic carbocycles. The summed E-state index contributed by atoms with van der Waals surface area (Å²) in [6, 6.07) is 56.6. The van der Waals surface area contributed by atoms with E-state index in [4.69, 9.17) is 14.4 Å². The van der Waals surface area contributed by atoms with Crippen LogP contribution in [0.5, 0.6) is 0 Å². The SMILES string of the molecule is Bc1ccc(-c2nc(N3c4c(c5ccccc5c5oc6ccccc6c45)-c4c(ccc5ccccc45)P3c3ccccc3)nc3ccccc23)c(B)c1. The molecule has 1 aliphatic heterocycles. The first-order chi connectivity index (χ1) is 26.1. The van der Waals surface area contributed by atoms with Gasteiger partial charge in [-0.3, -0.25) is 4.67 Å². The van der Waals surface area contributed by atoms with Crippen LogP contribution in [-0.4, -0.2) is 25.7 Å². The maximum atomic E-state index is 6.86. The minimum atomic E-state index is -1.23. The number of hydrogen-bond donors (Lipinski definition) is 0. The first-order valence-electron chi connectivity index (χ1n) is 18.0. The number of rotatable bonds is 3. The van der Waals surface area contributed by atoms with Crippen LogP contribution in [-0.2, 0) is 0 Å². The smallest absolute Gasteiger partial charge is 0.235 e. The lowest BCUT2D eigenvalue weighted by Crippen LogP contribution is -2.31. The molecule has 10 aromatic rings. The Labute approximate surface area is 309 Å². The molecule has 0 fully saturated rings. The van der Waals surface area contributed by atoms with E-state index in [0.29, 0.717) is 5.95 Å². The third-order valence-electron chi connectivity index (χ3n) is 10.7. The van der Waals surface area contributed by atoms with Crippen molar-refractivity contribution in [2.45, 2.75) is 0 Å². The third-order valence-corrected chi connectivity index (χ3v) is 13.1. The number of hydrogen-bond acceptors (Lipinski definition) is 4. The minimum absolute atomic E-state index is 0.676. The van der Waals surface area contributed by atoms with Gasteiger partial charge >= 0.3 is 0 Å². The van der Waals surface area contributed by atoms with E-state index in [9.17, 15) is 0 Å². The molecule has 1 aliphatic rings. The topological polar surface area (TPSA) is 42.2 Å². The zero-order valence-electron chi connectivity index (χ0n) is 29.2. The Morgan fingerprint density at radius 2 is 1.26 bits per heavy atom. The van der Waals surface area contributed by atoms with Crippen LogP contribution in [0.1, 0.15) is 0 Å². The highest BCUT2D eigenvalue weighted by Crippen LogP contribution is 2.61. The summed E-state index contributed by atoms with van der Waals surface area (Å²) in [6.45, 7) is 0. The lowest BCUT2D eigenvalue weighted by Gasteiger charge is -2.40. The number of para-hydroxylation sites is 2. The van der Waals surface area contributed by atoms with Crippen LogP contribution < -0.4 is 26.2 Å². The Morgan fingerprint density at radius 3 is 2.09 bits per heavy atom. The molecule has 11 rings (SSSR count). The van der Waals surface area contributed by atoms with E-state index in [1.165, 1.54) is 43.4 Å². The van der Waals surface area contributed by atoms with Crippen molar-refractivity contribution in [3.63, 3.8) is 0 Å². The van der Waals surface area contributed by atoms with Gasteiger partial charge in [0, 0.05) is 37.9 Å². The average Bonchev–Trinajstić information content (AvgIpc) is 3.60. The molecule has 0 amide bonds. The van der Waals surface area contributed by atoms with Crippen molar-refractivity contribution in [3.8, 4) is 22.4 Å². The Bertz CT molecular complexity index is 3130. The van der Waals surface area contributed by atoms with Gasteiger partial charge in [0.15, 0.2) is 0 Å². The fourth-order valence-corrected chi connectivity index (χ4v) is 11.0. The first-order valence-corrected chi connectivity index (χ1v) is 19.3. The summed E-state index contributed by atoms with van der Waals surface area (Å²) >= 11 is 0. The second kappa shape index (κ2) is 11.6. The number of anilines is 2. The molecule has 2 aromatic heterocycles. The Balaban J connectivity index is 1.37. The van der Waals surface area contributed by atoms with E-state index in [1.54, 1.807) is 0 Å². The summed E-state index contributed by atoms with van der Waals surface area (Å²) in [5.41, 5.74) is 10.7. The fourth-order valence-electron chi connectivity index (χ4n) is 8.45.